The highest BCUT2D eigenvalue weighted by atomic mass is 35.5. The topological polar surface area (TPSA) is 55.1 Å². The Morgan fingerprint density at radius 1 is 1.38 bits per heavy atom. The van der Waals surface area contributed by atoms with Crippen LogP contribution >= 0.6 is 11.6 Å². The summed E-state index contributed by atoms with van der Waals surface area (Å²) in [6.45, 7) is 3.03. The van der Waals surface area contributed by atoms with Gasteiger partial charge in [0, 0.05) is 17.6 Å². The zero-order valence-electron chi connectivity index (χ0n) is 11.5. The van der Waals surface area contributed by atoms with Gasteiger partial charge in [0.15, 0.2) is 5.65 Å². The summed E-state index contributed by atoms with van der Waals surface area (Å²) in [6.07, 6.45) is 4.83. The molecule has 1 atom stereocenters. The quantitative estimate of drug-likeness (QED) is 0.750. The zero-order chi connectivity index (χ0) is 14.4. The number of hydrogen-bond donors (Lipinski definition) is 1. The SMILES string of the molecule is CC1CC(c2nc3ccc(Cl)cc3n3cnnc23)=CCN1. The highest BCUT2D eigenvalue weighted by Crippen LogP contribution is 2.27. The normalized spacial score (nSPS) is 19.1. The van der Waals surface area contributed by atoms with Gasteiger partial charge in [-0.15, -0.1) is 10.2 Å². The number of benzene rings is 1. The first-order chi connectivity index (χ1) is 10.2. The van der Waals surface area contributed by atoms with Crippen molar-refractivity contribution in [3.8, 4) is 0 Å². The first-order valence-electron chi connectivity index (χ1n) is 6.94. The van der Waals surface area contributed by atoms with Gasteiger partial charge in [0.1, 0.15) is 12.0 Å². The van der Waals surface area contributed by atoms with E-state index in [1.54, 1.807) is 6.33 Å². The van der Waals surface area contributed by atoms with Crippen LogP contribution in [0.3, 0.4) is 0 Å². The molecule has 1 N–H and O–H groups in total. The van der Waals surface area contributed by atoms with Crippen LogP contribution in [0.25, 0.3) is 22.3 Å². The van der Waals surface area contributed by atoms with Crippen LogP contribution < -0.4 is 5.32 Å². The lowest BCUT2D eigenvalue weighted by Gasteiger charge is -2.20. The van der Waals surface area contributed by atoms with Crippen LogP contribution in [0.2, 0.25) is 5.02 Å². The van der Waals surface area contributed by atoms with Crippen LogP contribution in [-0.2, 0) is 0 Å². The Bertz CT molecular complexity index is 867. The summed E-state index contributed by atoms with van der Waals surface area (Å²) in [4.78, 5) is 4.80. The van der Waals surface area contributed by atoms with Crippen molar-refractivity contribution in [3.05, 3.63) is 41.3 Å². The van der Waals surface area contributed by atoms with Gasteiger partial charge in [-0.25, -0.2) is 4.98 Å². The maximum absolute atomic E-state index is 6.09. The van der Waals surface area contributed by atoms with Gasteiger partial charge in [-0.1, -0.05) is 17.7 Å². The molecule has 1 aliphatic rings. The van der Waals surface area contributed by atoms with Gasteiger partial charge >= 0.3 is 0 Å². The standard InChI is InChI=1S/C15H14ClN5/c1-9-6-10(4-5-17-9)14-15-20-18-8-21(15)13-7-11(16)2-3-12(13)19-14/h2-4,7-9,17H,5-6H2,1H3. The maximum atomic E-state index is 6.09. The summed E-state index contributed by atoms with van der Waals surface area (Å²) >= 11 is 6.09. The van der Waals surface area contributed by atoms with E-state index in [1.165, 1.54) is 5.57 Å². The molecule has 0 spiro atoms. The number of nitrogens with zero attached hydrogens (tertiary/aromatic N) is 4. The second kappa shape index (κ2) is 4.79. The summed E-state index contributed by atoms with van der Waals surface area (Å²) in [7, 11) is 0. The molecule has 0 saturated heterocycles. The summed E-state index contributed by atoms with van der Waals surface area (Å²) in [5, 5.41) is 12.4. The fourth-order valence-electron chi connectivity index (χ4n) is 2.80. The van der Waals surface area contributed by atoms with Crippen LogP contribution in [-0.4, -0.2) is 32.2 Å². The molecule has 1 aromatic carbocycles. The van der Waals surface area contributed by atoms with Crippen LogP contribution in [0, 0.1) is 0 Å². The lowest BCUT2D eigenvalue weighted by molar-refractivity contribution is 0.578. The molecular formula is C15H14ClN5. The van der Waals surface area contributed by atoms with Crippen molar-refractivity contribution < 1.29 is 0 Å². The number of nitrogens with one attached hydrogen (secondary N) is 1. The Morgan fingerprint density at radius 2 is 2.29 bits per heavy atom. The molecule has 21 heavy (non-hydrogen) atoms. The largest absolute Gasteiger partial charge is 0.310 e. The highest BCUT2D eigenvalue weighted by molar-refractivity contribution is 6.31. The number of aromatic nitrogens is 4. The molecule has 5 nitrogen and oxygen atoms in total. The van der Waals surface area contributed by atoms with Gasteiger partial charge in [-0.2, -0.15) is 0 Å². The lowest BCUT2D eigenvalue weighted by atomic mass is 10.0. The van der Waals surface area contributed by atoms with Crippen LogP contribution in [0.5, 0.6) is 0 Å². The Kier molecular flexibility index (Phi) is 2.90. The molecule has 3 aromatic rings. The number of halogens is 1. The van der Waals surface area contributed by atoms with Crippen molar-refractivity contribution in [2.24, 2.45) is 0 Å². The predicted octanol–water partition coefficient (Wildman–Crippen LogP) is 2.70. The molecule has 4 rings (SSSR count). The van der Waals surface area contributed by atoms with Gasteiger partial charge in [0.25, 0.3) is 0 Å². The molecule has 1 aliphatic heterocycles. The molecule has 0 radical (unpaired) electrons. The van der Waals surface area contributed by atoms with E-state index in [-0.39, 0.29) is 0 Å². The van der Waals surface area contributed by atoms with Crippen molar-refractivity contribution in [1.82, 2.24) is 24.9 Å². The maximum Gasteiger partial charge on any atom is 0.187 e. The van der Waals surface area contributed by atoms with Crippen LogP contribution in [0.15, 0.2) is 30.6 Å². The molecular weight excluding hydrogens is 286 g/mol. The average molecular weight is 300 g/mol. The van der Waals surface area contributed by atoms with Crippen molar-refractivity contribution in [3.63, 3.8) is 0 Å². The Morgan fingerprint density at radius 3 is 3.14 bits per heavy atom. The molecule has 2 aromatic heterocycles. The lowest BCUT2D eigenvalue weighted by Crippen LogP contribution is -2.30. The number of rotatable bonds is 1. The minimum absolute atomic E-state index is 0.440. The van der Waals surface area contributed by atoms with E-state index in [4.69, 9.17) is 16.6 Å². The fourth-order valence-corrected chi connectivity index (χ4v) is 2.97. The van der Waals surface area contributed by atoms with E-state index in [0.29, 0.717) is 11.1 Å². The smallest absolute Gasteiger partial charge is 0.187 e. The summed E-state index contributed by atoms with van der Waals surface area (Å²) in [6, 6.07) is 6.13. The second-order valence-corrected chi connectivity index (χ2v) is 5.80. The van der Waals surface area contributed by atoms with Gasteiger partial charge < -0.3 is 5.32 Å². The molecule has 106 valence electrons. The molecule has 0 saturated carbocycles. The highest BCUT2D eigenvalue weighted by Gasteiger charge is 2.18. The molecule has 0 bridgehead atoms. The molecule has 0 amide bonds. The van der Waals surface area contributed by atoms with Crippen LogP contribution in [0.4, 0.5) is 0 Å². The van der Waals surface area contributed by atoms with E-state index in [0.717, 1.165) is 35.3 Å². The summed E-state index contributed by atoms with van der Waals surface area (Å²) in [5.74, 6) is 0. The second-order valence-electron chi connectivity index (χ2n) is 5.36. The number of hydrogen-bond acceptors (Lipinski definition) is 4. The minimum atomic E-state index is 0.440. The van der Waals surface area contributed by atoms with Crippen molar-refractivity contribution in [1.29, 1.82) is 0 Å². The Labute approximate surface area is 126 Å². The van der Waals surface area contributed by atoms with E-state index in [9.17, 15) is 0 Å². The Balaban J connectivity index is 2.02. The zero-order valence-corrected chi connectivity index (χ0v) is 12.3. The molecule has 0 fully saturated rings. The monoisotopic (exact) mass is 299 g/mol. The van der Waals surface area contributed by atoms with Crippen molar-refractivity contribution in [2.45, 2.75) is 19.4 Å². The van der Waals surface area contributed by atoms with Gasteiger partial charge in [-0.3, -0.25) is 4.40 Å². The molecule has 0 aliphatic carbocycles. The Hall–Kier alpha value is -1.98. The molecule has 6 heteroatoms. The van der Waals surface area contributed by atoms with E-state index < -0.39 is 0 Å². The minimum Gasteiger partial charge on any atom is -0.310 e. The van der Waals surface area contributed by atoms with E-state index >= 15 is 0 Å². The molecule has 3 heterocycles. The van der Waals surface area contributed by atoms with Crippen LogP contribution in [0.1, 0.15) is 19.0 Å². The summed E-state index contributed by atoms with van der Waals surface area (Å²) < 4.78 is 1.96. The third kappa shape index (κ3) is 2.09. The van der Waals surface area contributed by atoms with Crippen molar-refractivity contribution >= 4 is 33.9 Å². The van der Waals surface area contributed by atoms with Crippen molar-refractivity contribution in [2.75, 3.05) is 6.54 Å². The predicted molar refractivity (Wildman–Crippen MR) is 83.4 cm³/mol. The fraction of sp³-hybridized carbons (Fsp3) is 0.267. The molecule has 1 unspecified atom stereocenters. The first-order valence-corrected chi connectivity index (χ1v) is 7.32. The first kappa shape index (κ1) is 12.7. The van der Waals surface area contributed by atoms with E-state index in [2.05, 4.69) is 28.5 Å². The van der Waals surface area contributed by atoms with Gasteiger partial charge in [0.05, 0.1) is 11.0 Å². The third-order valence-corrected chi connectivity index (χ3v) is 4.07. The summed E-state index contributed by atoms with van der Waals surface area (Å²) in [5.41, 5.74) is 4.74. The van der Waals surface area contributed by atoms with Gasteiger partial charge in [-0.05, 0) is 37.1 Å². The third-order valence-electron chi connectivity index (χ3n) is 3.83. The number of fused-ring (bicyclic) bond motifs is 3. The average Bonchev–Trinajstić information content (AvgIpc) is 2.96. The van der Waals surface area contributed by atoms with E-state index in [1.807, 2.05) is 22.6 Å². The van der Waals surface area contributed by atoms with Gasteiger partial charge in [0.2, 0.25) is 0 Å².